The Morgan fingerprint density at radius 2 is 1.95 bits per heavy atom. The maximum atomic E-state index is 14.0. The second-order valence-electron chi connectivity index (χ2n) is 4.00. The molecule has 1 heterocycles. The van der Waals surface area contributed by atoms with Gasteiger partial charge in [0.15, 0.2) is 0 Å². The van der Waals surface area contributed by atoms with Crippen LogP contribution in [0.2, 0.25) is 0 Å². The molecule has 1 aromatic heterocycles. The van der Waals surface area contributed by atoms with Crippen molar-refractivity contribution in [2.75, 3.05) is 13.7 Å². The Morgan fingerprint density at radius 1 is 1.26 bits per heavy atom. The van der Waals surface area contributed by atoms with E-state index in [0.717, 1.165) is 18.7 Å². The van der Waals surface area contributed by atoms with Crippen LogP contribution in [0, 0.1) is 11.6 Å². The Kier molecular flexibility index (Phi) is 4.16. The molecule has 0 atom stereocenters. The van der Waals surface area contributed by atoms with Crippen molar-refractivity contribution in [3.8, 4) is 16.9 Å². The lowest BCUT2D eigenvalue weighted by atomic mass is 10.0. The molecule has 102 valence electrons. The molecule has 0 radical (unpaired) electrons. The first-order valence-corrected chi connectivity index (χ1v) is 5.97. The Hall–Kier alpha value is -1.88. The number of furan rings is 1. The van der Waals surface area contributed by atoms with Crippen LogP contribution in [-0.4, -0.2) is 13.7 Å². The maximum Gasteiger partial charge on any atom is 0.137 e. The van der Waals surface area contributed by atoms with Crippen LogP contribution in [0.1, 0.15) is 12.7 Å². The third kappa shape index (κ3) is 2.76. The number of ether oxygens (including phenoxy) is 1. The quantitative estimate of drug-likeness (QED) is 0.902. The van der Waals surface area contributed by atoms with Gasteiger partial charge in [-0.3, -0.25) is 0 Å². The topological polar surface area (TPSA) is 34.4 Å². The van der Waals surface area contributed by atoms with Crippen LogP contribution in [0.5, 0.6) is 5.75 Å². The summed E-state index contributed by atoms with van der Waals surface area (Å²) in [6.45, 7) is 3.11. The van der Waals surface area contributed by atoms with E-state index >= 15 is 0 Å². The zero-order chi connectivity index (χ0) is 13.8. The summed E-state index contributed by atoms with van der Waals surface area (Å²) >= 11 is 0. The van der Waals surface area contributed by atoms with E-state index in [1.807, 2.05) is 6.92 Å². The summed E-state index contributed by atoms with van der Waals surface area (Å²) in [6, 6.07) is 3.87. The van der Waals surface area contributed by atoms with Crippen molar-refractivity contribution >= 4 is 0 Å². The van der Waals surface area contributed by atoms with Gasteiger partial charge >= 0.3 is 0 Å². The van der Waals surface area contributed by atoms with E-state index in [0.29, 0.717) is 17.9 Å². The molecule has 2 rings (SSSR count). The van der Waals surface area contributed by atoms with Crippen molar-refractivity contribution in [2.45, 2.75) is 13.5 Å². The molecule has 19 heavy (non-hydrogen) atoms. The van der Waals surface area contributed by atoms with Gasteiger partial charge in [-0.25, -0.2) is 8.78 Å². The average molecular weight is 267 g/mol. The summed E-state index contributed by atoms with van der Waals surface area (Å²) in [5.74, 6) is -0.688. The van der Waals surface area contributed by atoms with Gasteiger partial charge in [0.2, 0.25) is 0 Å². The summed E-state index contributed by atoms with van der Waals surface area (Å²) < 4.78 is 38.1. The summed E-state index contributed by atoms with van der Waals surface area (Å²) in [5, 5.41) is 3.06. The van der Waals surface area contributed by atoms with E-state index < -0.39 is 11.6 Å². The first kappa shape index (κ1) is 13.5. The molecule has 3 nitrogen and oxygen atoms in total. The molecule has 0 amide bonds. The van der Waals surface area contributed by atoms with E-state index in [1.165, 1.54) is 13.4 Å². The summed E-state index contributed by atoms with van der Waals surface area (Å²) in [5.41, 5.74) is 0.320. The Labute approximate surface area is 110 Å². The van der Waals surface area contributed by atoms with E-state index in [4.69, 9.17) is 9.15 Å². The highest BCUT2D eigenvalue weighted by atomic mass is 19.1. The van der Waals surface area contributed by atoms with Crippen molar-refractivity contribution in [3.63, 3.8) is 0 Å². The Bertz CT molecular complexity index is 543. The van der Waals surface area contributed by atoms with Gasteiger partial charge in [-0.1, -0.05) is 6.92 Å². The van der Waals surface area contributed by atoms with Gasteiger partial charge in [0, 0.05) is 17.7 Å². The fourth-order valence-electron chi connectivity index (χ4n) is 1.86. The molecule has 2 aromatic rings. The average Bonchev–Trinajstić information content (AvgIpc) is 2.83. The molecule has 0 aliphatic heterocycles. The number of rotatable bonds is 5. The van der Waals surface area contributed by atoms with Crippen LogP contribution < -0.4 is 10.1 Å². The van der Waals surface area contributed by atoms with Crippen molar-refractivity contribution in [1.82, 2.24) is 5.32 Å². The number of halogens is 2. The first-order valence-electron chi connectivity index (χ1n) is 5.97. The minimum absolute atomic E-state index is 0.0950. The second-order valence-corrected chi connectivity index (χ2v) is 4.00. The fraction of sp³-hybridized carbons (Fsp3) is 0.286. The minimum atomic E-state index is -0.670. The lowest BCUT2D eigenvalue weighted by Gasteiger charge is -2.08. The SMILES string of the molecule is CCNCc1occc1-c1c(F)cc(OC)cc1F. The summed E-state index contributed by atoms with van der Waals surface area (Å²) in [6.07, 6.45) is 1.42. The zero-order valence-corrected chi connectivity index (χ0v) is 10.8. The maximum absolute atomic E-state index is 14.0. The molecular weight excluding hydrogens is 252 g/mol. The number of hydrogen-bond donors (Lipinski definition) is 1. The van der Waals surface area contributed by atoms with Crippen LogP contribution in [0.3, 0.4) is 0 Å². The van der Waals surface area contributed by atoms with Gasteiger partial charge in [0.25, 0.3) is 0 Å². The molecule has 1 aromatic carbocycles. The predicted molar refractivity (Wildman–Crippen MR) is 68.0 cm³/mol. The molecule has 0 saturated carbocycles. The van der Waals surface area contributed by atoms with Crippen molar-refractivity contribution in [1.29, 1.82) is 0 Å². The third-order valence-corrected chi connectivity index (χ3v) is 2.80. The van der Waals surface area contributed by atoms with E-state index in [9.17, 15) is 8.78 Å². The highest BCUT2D eigenvalue weighted by molar-refractivity contribution is 5.67. The molecule has 5 heteroatoms. The van der Waals surface area contributed by atoms with Crippen molar-refractivity contribution in [2.24, 2.45) is 0 Å². The zero-order valence-electron chi connectivity index (χ0n) is 10.8. The van der Waals surface area contributed by atoms with Crippen LogP contribution in [0.4, 0.5) is 8.78 Å². The van der Waals surface area contributed by atoms with Gasteiger partial charge in [-0.2, -0.15) is 0 Å². The smallest absolute Gasteiger partial charge is 0.137 e. The Balaban J connectivity index is 2.44. The second kappa shape index (κ2) is 5.84. The monoisotopic (exact) mass is 267 g/mol. The molecule has 0 spiro atoms. The van der Waals surface area contributed by atoms with Crippen LogP contribution in [-0.2, 0) is 6.54 Å². The van der Waals surface area contributed by atoms with Gasteiger partial charge in [-0.05, 0) is 12.6 Å². The van der Waals surface area contributed by atoms with E-state index in [2.05, 4.69) is 5.32 Å². The summed E-state index contributed by atoms with van der Waals surface area (Å²) in [7, 11) is 1.36. The summed E-state index contributed by atoms with van der Waals surface area (Å²) in [4.78, 5) is 0. The third-order valence-electron chi connectivity index (χ3n) is 2.80. The lowest BCUT2D eigenvalue weighted by Crippen LogP contribution is -2.11. The minimum Gasteiger partial charge on any atom is -0.497 e. The molecule has 0 aliphatic rings. The first-order chi connectivity index (χ1) is 9.17. The van der Waals surface area contributed by atoms with Crippen molar-refractivity contribution < 1.29 is 17.9 Å². The number of methoxy groups -OCH3 is 1. The normalized spacial score (nSPS) is 10.7. The van der Waals surface area contributed by atoms with E-state index in [1.54, 1.807) is 6.07 Å². The van der Waals surface area contributed by atoms with Gasteiger partial charge in [-0.15, -0.1) is 0 Å². The number of nitrogens with one attached hydrogen (secondary N) is 1. The van der Waals surface area contributed by atoms with Crippen molar-refractivity contribution in [3.05, 3.63) is 41.9 Å². The largest absolute Gasteiger partial charge is 0.497 e. The van der Waals surface area contributed by atoms with Gasteiger partial charge in [0.1, 0.15) is 23.1 Å². The molecule has 1 N–H and O–H groups in total. The van der Waals surface area contributed by atoms with Crippen LogP contribution in [0.25, 0.3) is 11.1 Å². The fourth-order valence-corrected chi connectivity index (χ4v) is 1.86. The molecule has 0 aliphatic carbocycles. The van der Waals surface area contributed by atoms with Crippen LogP contribution in [0.15, 0.2) is 28.9 Å². The molecule has 0 fully saturated rings. The van der Waals surface area contributed by atoms with Crippen LogP contribution >= 0.6 is 0 Å². The molecule has 0 unspecified atom stereocenters. The molecular formula is C14H15F2NO2. The predicted octanol–water partition coefficient (Wildman–Crippen LogP) is 3.34. The number of benzene rings is 1. The molecule has 0 bridgehead atoms. The number of hydrogen-bond acceptors (Lipinski definition) is 3. The standard InChI is InChI=1S/C14H15F2NO2/c1-3-17-8-13-10(4-5-19-13)14-11(15)6-9(18-2)7-12(14)16/h4-7,17H,3,8H2,1-2H3. The van der Waals surface area contributed by atoms with Gasteiger partial charge in [0.05, 0.1) is 25.5 Å². The highest BCUT2D eigenvalue weighted by Crippen LogP contribution is 2.32. The highest BCUT2D eigenvalue weighted by Gasteiger charge is 2.18. The lowest BCUT2D eigenvalue weighted by molar-refractivity contribution is 0.407. The van der Waals surface area contributed by atoms with E-state index in [-0.39, 0.29) is 11.3 Å². The molecule has 0 saturated heterocycles. The Morgan fingerprint density at radius 3 is 2.53 bits per heavy atom. The van der Waals surface area contributed by atoms with Gasteiger partial charge < -0.3 is 14.5 Å².